The van der Waals surface area contributed by atoms with Gasteiger partial charge in [-0.25, -0.2) is 0 Å². The van der Waals surface area contributed by atoms with Crippen molar-refractivity contribution < 1.29 is 12.6 Å². The molecule has 0 amide bonds. The van der Waals surface area contributed by atoms with Crippen LogP contribution in [0.2, 0.25) is 0 Å². The minimum atomic E-state index is -3.47. The van der Waals surface area contributed by atoms with Crippen LogP contribution < -0.4 is 4.72 Å². The van der Waals surface area contributed by atoms with E-state index in [0.29, 0.717) is 13.0 Å². The molecule has 1 N–H and O–H groups in total. The van der Waals surface area contributed by atoms with Gasteiger partial charge < -0.3 is 0 Å². The lowest BCUT2D eigenvalue weighted by molar-refractivity contribution is 0.311. The van der Waals surface area contributed by atoms with Crippen molar-refractivity contribution in [1.82, 2.24) is 4.72 Å². The molecule has 0 aliphatic carbocycles. The molecule has 0 aliphatic rings. The number of rotatable bonds is 7. The van der Waals surface area contributed by atoms with Crippen LogP contribution in [0.15, 0.2) is 0 Å². The van der Waals surface area contributed by atoms with Gasteiger partial charge in [-0.3, -0.25) is 4.18 Å². The minimum absolute atomic E-state index is 0.251. The molecule has 0 aromatic rings. The molecule has 5 heteroatoms. The summed E-state index contributed by atoms with van der Waals surface area (Å²) < 4.78 is 28.8. The largest absolute Gasteiger partial charge is 0.335 e. The second kappa shape index (κ2) is 6.39. The van der Waals surface area contributed by atoms with Crippen LogP contribution in [0.4, 0.5) is 0 Å². The molecular formula is C7H17NO3S. The van der Waals surface area contributed by atoms with Gasteiger partial charge in [-0.1, -0.05) is 20.3 Å². The second-order valence-electron chi connectivity index (χ2n) is 2.52. The first-order valence-electron chi connectivity index (χ1n) is 4.26. The Labute approximate surface area is 74.6 Å². The van der Waals surface area contributed by atoms with E-state index in [1.165, 1.54) is 0 Å². The van der Waals surface area contributed by atoms with Crippen LogP contribution in [0.1, 0.15) is 33.1 Å². The van der Waals surface area contributed by atoms with Crippen molar-refractivity contribution in [2.75, 3.05) is 13.2 Å². The van der Waals surface area contributed by atoms with Gasteiger partial charge in [0.05, 0.1) is 6.61 Å². The molecule has 0 unspecified atom stereocenters. The van der Waals surface area contributed by atoms with E-state index < -0.39 is 10.3 Å². The second-order valence-corrected chi connectivity index (χ2v) is 3.96. The zero-order chi connectivity index (χ0) is 9.45. The summed E-state index contributed by atoms with van der Waals surface area (Å²) >= 11 is 0. The standard InChI is InChI=1S/C7H17NO3S/c1-3-5-6-8-12(9,10)11-7-4-2/h8H,3-7H2,1-2H3. The molecule has 74 valence electrons. The molecule has 0 saturated heterocycles. The van der Waals surface area contributed by atoms with E-state index in [0.717, 1.165) is 12.8 Å². The summed E-state index contributed by atoms with van der Waals surface area (Å²) in [5.41, 5.74) is 0. The highest BCUT2D eigenvalue weighted by molar-refractivity contribution is 7.84. The Morgan fingerprint density at radius 2 is 1.92 bits per heavy atom. The molecule has 0 heterocycles. The van der Waals surface area contributed by atoms with Gasteiger partial charge in [-0.05, 0) is 12.8 Å². The van der Waals surface area contributed by atoms with Crippen molar-refractivity contribution >= 4 is 10.3 Å². The van der Waals surface area contributed by atoms with E-state index in [4.69, 9.17) is 0 Å². The smallest absolute Gasteiger partial charge is 0.258 e. The Bertz CT molecular complexity index is 189. The first-order valence-corrected chi connectivity index (χ1v) is 5.67. The molecule has 0 atom stereocenters. The summed E-state index contributed by atoms with van der Waals surface area (Å²) in [5.74, 6) is 0. The van der Waals surface area contributed by atoms with Crippen LogP contribution in [-0.4, -0.2) is 21.6 Å². The fourth-order valence-electron chi connectivity index (χ4n) is 0.609. The highest BCUT2D eigenvalue weighted by Crippen LogP contribution is 1.91. The van der Waals surface area contributed by atoms with E-state index in [1.54, 1.807) is 0 Å². The molecule has 0 radical (unpaired) electrons. The fraction of sp³-hybridized carbons (Fsp3) is 1.00. The van der Waals surface area contributed by atoms with Gasteiger partial charge in [-0.2, -0.15) is 13.1 Å². The predicted octanol–water partition coefficient (Wildman–Crippen LogP) is 1.05. The van der Waals surface area contributed by atoms with Crippen molar-refractivity contribution in [3.63, 3.8) is 0 Å². The number of unbranched alkanes of at least 4 members (excludes halogenated alkanes) is 1. The molecular weight excluding hydrogens is 178 g/mol. The third kappa shape index (κ3) is 6.57. The molecule has 0 fully saturated rings. The van der Waals surface area contributed by atoms with Gasteiger partial charge in [0.1, 0.15) is 0 Å². The average molecular weight is 195 g/mol. The Kier molecular flexibility index (Phi) is 6.32. The van der Waals surface area contributed by atoms with Crippen LogP contribution in [0.3, 0.4) is 0 Å². The van der Waals surface area contributed by atoms with Gasteiger partial charge in [0.25, 0.3) is 0 Å². The summed E-state index contributed by atoms with van der Waals surface area (Å²) in [6, 6.07) is 0. The molecule has 0 aromatic carbocycles. The topological polar surface area (TPSA) is 55.4 Å². The third-order valence-electron chi connectivity index (χ3n) is 1.25. The van der Waals surface area contributed by atoms with E-state index in [9.17, 15) is 8.42 Å². The van der Waals surface area contributed by atoms with Crippen LogP contribution >= 0.6 is 0 Å². The van der Waals surface area contributed by atoms with Crippen molar-refractivity contribution in [2.24, 2.45) is 0 Å². The first kappa shape index (κ1) is 11.9. The summed E-state index contributed by atoms with van der Waals surface area (Å²) in [4.78, 5) is 0. The van der Waals surface area contributed by atoms with E-state index in [2.05, 4.69) is 8.91 Å². The summed E-state index contributed by atoms with van der Waals surface area (Å²) in [6.07, 6.45) is 2.51. The number of hydrogen-bond acceptors (Lipinski definition) is 3. The minimum Gasteiger partial charge on any atom is -0.258 e. The molecule has 0 spiro atoms. The Balaban J connectivity index is 3.58. The highest BCUT2D eigenvalue weighted by Gasteiger charge is 2.07. The lowest BCUT2D eigenvalue weighted by Crippen LogP contribution is -2.26. The van der Waals surface area contributed by atoms with E-state index >= 15 is 0 Å². The Morgan fingerprint density at radius 3 is 2.42 bits per heavy atom. The molecule has 0 bridgehead atoms. The normalized spacial score (nSPS) is 11.8. The maximum absolute atomic E-state index is 10.9. The molecule has 12 heavy (non-hydrogen) atoms. The first-order chi connectivity index (χ1) is 5.62. The van der Waals surface area contributed by atoms with Gasteiger partial charge in [0.15, 0.2) is 0 Å². The van der Waals surface area contributed by atoms with E-state index in [-0.39, 0.29) is 6.61 Å². The van der Waals surface area contributed by atoms with Crippen molar-refractivity contribution in [3.05, 3.63) is 0 Å². The SMILES string of the molecule is CCCCNS(=O)(=O)OCCC. The van der Waals surface area contributed by atoms with Crippen molar-refractivity contribution in [3.8, 4) is 0 Å². The molecule has 0 rings (SSSR count). The van der Waals surface area contributed by atoms with Gasteiger partial charge in [-0.15, -0.1) is 0 Å². The lowest BCUT2D eigenvalue weighted by Gasteiger charge is -2.04. The maximum atomic E-state index is 10.9. The average Bonchev–Trinajstić information content (AvgIpc) is 2.01. The van der Waals surface area contributed by atoms with Crippen molar-refractivity contribution in [2.45, 2.75) is 33.1 Å². The molecule has 0 aliphatic heterocycles. The molecule has 0 saturated carbocycles. The molecule has 4 nitrogen and oxygen atoms in total. The third-order valence-corrected chi connectivity index (χ3v) is 2.29. The lowest BCUT2D eigenvalue weighted by atomic mass is 10.3. The summed E-state index contributed by atoms with van der Waals surface area (Å²) in [6.45, 7) is 4.58. The molecule has 0 aromatic heterocycles. The summed E-state index contributed by atoms with van der Waals surface area (Å²) in [5, 5.41) is 0. The van der Waals surface area contributed by atoms with Gasteiger partial charge >= 0.3 is 10.3 Å². The van der Waals surface area contributed by atoms with Crippen molar-refractivity contribution in [1.29, 1.82) is 0 Å². The Morgan fingerprint density at radius 1 is 1.25 bits per heavy atom. The highest BCUT2D eigenvalue weighted by atomic mass is 32.2. The van der Waals surface area contributed by atoms with E-state index in [1.807, 2.05) is 13.8 Å². The zero-order valence-electron chi connectivity index (χ0n) is 7.67. The predicted molar refractivity (Wildman–Crippen MR) is 48.1 cm³/mol. The maximum Gasteiger partial charge on any atom is 0.335 e. The monoisotopic (exact) mass is 195 g/mol. The van der Waals surface area contributed by atoms with Crippen LogP contribution in [0.5, 0.6) is 0 Å². The van der Waals surface area contributed by atoms with Crippen LogP contribution in [0.25, 0.3) is 0 Å². The fourth-order valence-corrected chi connectivity index (χ4v) is 1.47. The number of hydrogen-bond donors (Lipinski definition) is 1. The van der Waals surface area contributed by atoms with Gasteiger partial charge in [0, 0.05) is 6.54 Å². The number of nitrogens with one attached hydrogen (secondary N) is 1. The zero-order valence-corrected chi connectivity index (χ0v) is 8.49. The van der Waals surface area contributed by atoms with Crippen LogP contribution in [0, 0.1) is 0 Å². The Hall–Kier alpha value is -0.130. The van der Waals surface area contributed by atoms with Gasteiger partial charge in [0.2, 0.25) is 0 Å². The quantitative estimate of drug-likeness (QED) is 0.618. The van der Waals surface area contributed by atoms with Crippen LogP contribution in [-0.2, 0) is 14.5 Å². The summed E-state index contributed by atoms with van der Waals surface area (Å²) in [7, 11) is -3.47.